The van der Waals surface area contributed by atoms with E-state index in [0.717, 1.165) is 49.4 Å². The average Bonchev–Trinajstić information content (AvgIpc) is 3.11. The molecule has 1 aliphatic carbocycles. The molecule has 140 valence electrons. The Morgan fingerprint density at radius 2 is 2.08 bits per heavy atom. The van der Waals surface area contributed by atoms with Gasteiger partial charge in [-0.1, -0.05) is 0 Å². The molecular formula is C19H24ClN3O2S. The molecular weight excluding hydrogens is 370 g/mol. The van der Waals surface area contributed by atoms with Gasteiger partial charge in [0, 0.05) is 16.9 Å². The number of benzene rings is 1. The molecule has 0 bridgehead atoms. The molecule has 2 aromatic rings. The summed E-state index contributed by atoms with van der Waals surface area (Å²) in [5.74, 6) is 1.15. The highest BCUT2D eigenvalue weighted by Crippen LogP contribution is 2.58. The van der Waals surface area contributed by atoms with Crippen molar-refractivity contribution < 1.29 is 9.53 Å². The fourth-order valence-corrected chi connectivity index (χ4v) is 4.46. The van der Waals surface area contributed by atoms with E-state index in [1.165, 1.54) is 11.3 Å². The third-order valence-corrected chi connectivity index (χ3v) is 6.06. The van der Waals surface area contributed by atoms with Crippen LogP contribution in [0.3, 0.4) is 0 Å². The van der Waals surface area contributed by atoms with Crippen LogP contribution in [0.25, 0.3) is 11.3 Å². The summed E-state index contributed by atoms with van der Waals surface area (Å²) in [6, 6.07) is 7.89. The molecule has 1 atom stereocenters. The molecule has 1 unspecified atom stereocenters. The fourth-order valence-electron chi connectivity index (χ4n) is 3.74. The van der Waals surface area contributed by atoms with Crippen molar-refractivity contribution in [2.75, 3.05) is 25.0 Å². The van der Waals surface area contributed by atoms with Crippen molar-refractivity contribution in [2.45, 2.75) is 26.2 Å². The Hall–Kier alpha value is -1.63. The van der Waals surface area contributed by atoms with Gasteiger partial charge in [0.25, 0.3) is 0 Å². The van der Waals surface area contributed by atoms with Gasteiger partial charge in [-0.2, -0.15) is 0 Å². The van der Waals surface area contributed by atoms with Crippen molar-refractivity contribution >= 4 is 34.8 Å². The van der Waals surface area contributed by atoms with E-state index in [9.17, 15) is 4.79 Å². The second kappa shape index (κ2) is 7.94. The van der Waals surface area contributed by atoms with Crippen LogP contribution in [0.5, 0.6) is 5.75 Å². The predicted molar refractivity (Wildman–Crippen MR) is 107 cm³/mol. The Bertz CT molecular complexity index is 756. The third kappa shape index (κ3) is 3.87. The largest absolute Gasteiger partial charge is 0.494 e. The van der Waals surface area contributed by atoms with Crippen LogP contribution in [0.1, 0.15) is 26.2 Å². The predicted octanol–water partition coefficient (Wildman–Crippen LogP) is 3.96. The van der Waals surface area contributed by atoms with Gasteiger partial charge in [0.1, 0.15) is 5.75 Å². The average molecular weight is 394 g/mol. The Morgan fingerprint density at radius 1 is 1.35 bits per heavy atom. The number of hydrogen-bond donors (Lipinski definition) is 2. The summed E-state index contributed by atoms with van der Waals surface area (Å²) < 4.78 is 5.46. The molecule has 7 heteroatoms. The molecule has 1 spiro atoms. The lowest BCUT2D eigenvalue weighted by Gasteiger charge is -2.22. The molecule has 1 aliphatic heterocycles. The molecule has 2 aliphatic rings. The molecule has 1 saturated carbocycles. The van der Waals surface area contributed by atoms with Gasteiger partial charge in [0.05, 0.1) is 12.3 Å². The molecule has 26 heavy (non-hydrogen) atoms. The van der Waals surface area contributed by atoms with Gasteiger partial charge < -0.3 is 15.4 Å². The van der Waals surface area contributed by atoms with Gasteiger partial charge in [-0.3, -0.25) is 4.79 Å². The molecule has 5 nitrogen and oxygen atoms in total. The van der Waals surface area contributed by atoms with Crippen molar-refractivity contribution in [2.24, 2.45) is 11.3 Å². The summed E-state index contributed by atoms with van der Waals surface area (Å²) in [5, 5.41) is 9.06. The highest BCUT2D eigenvalue weighted by atomic mass is 35.5. The van der Waals surface area contributed by atoms with Gasteiger partial charge in [-0.25, -0.2) is 4.98 Å². The lowest BCUT2D eigenvalue weighted by Crippen LogP contribution is -2.31. The van der Waals surface area contributed by atoms with Crippen LogP contribution in [0.4, 0.5) is 5.13 Å². The van der Waals surface area contributed by atoms with Crippen molar-refractivity contribution in [3.05, 3.63) is 29.6 Å². The zero-order valence-corrected chi connectivity index (χ0v) is 16.4. The van der Waals surface area contributed by atoms with Gasteiger partial charge in [0.2, 0.25) is 5.91 Å². The Kier molecular flexibility index (Phi) is 5.85. The number of carbonyl (C=O) groups is 1. The number of anilines is 1. The van der Waals surface area contributed by atoms with E-state index >= 15 is 0 Å². The first-order valence-electron chi connectivity index (χ1n) is 8.90. The SMILES string of the molecule is CCOc1ccc(-c2csc(NC(=O)C3CC34CCNCC4)n2)cc1.Cl. The topological polar surface area (TPSA) is 63.2 Å². The van der Waals surface area contributed by atoms with E-state index in [1.807, 2.05) is 36.6 Å². The monoisotopic (exact) mass is 393 g/mol. The van der Waals surface area contributed by atoms with E-state index in [2.05, 4.69) is 15.6 Å². The molecule has 2 fully saturated rings. The van der Waals surface area contributed by atoms with Crippen LogP contribution >= 0.6 is 23.7 Å². The number of nitrogens with zero attached hydrogens (tertiary/aromatic N) is 1. The van der Waals surface area contributed by atoms with E-state index in [1.54, 1.807) is 0 Å². The van der Waals surface area contributed by atoms with Crippen LogP contribution in [0.2, 0.25) is 0 Å². The van der Waals surface area contributed by atoms with E-state index in [4.69, 9.17) is 4.74 Å². The number of hydrogen-bond acceptors (Lipinski definition) is 5. The molecule has 2 N–H and O–H groups in total. The van der Waals surface area contributed by atoms with Crippen molar-refractivity contribution in [3.63, 3.8) is 0 Å². The molecule has 2 heterocycles. The van der Waals surface area contributed by atoms with Crippen molar-refractivity contribution in [3.8, 4) is 17.0 Å². The quantitative estimate of drug-likeness (QED) is 0.807. The standard InChI is InChI=1S/C19H23N3O2S.ClH/c1-2-24-14-5-3-13(4-6-14)16-12-25-18(21-16)22-17(23)15-11-19(15)7-9-20-10-8-19;/h3-6,12,15,20H,2,7-11H2,1H3,(H,21,22,23);1H. The minimum Gasteiger partial charge on any atom is -0.494 e. The minimum atomic E-state index is 0. The molecule has 1 aromatic heterocycles. The van der Waals surface area contributed by atoms with Crippen LogP contribution in [-0.4, -0.2) is 30.6 Å². The van der Waals surface area contributed by atoms with Crippen molar-refractivity contribution in [1.29, 1.82) is 0 Å². The highest BCUT2D eigenvalue weighted by molar-refractivity contribution is 7.14. The number of carbonyl (C=O) groups excluding carboxylic acids is 1. The van der Waals surface area contributed by atoms with Crippen LogP contribution in [-0.2, 0) is 4.79 Å². The number of piperidine rings is 1. The fraction of sp³-hybridized carbons (Fsp3) is 0.474. The smallest absolute Gasteiger partial charge is 0.229 e. The summed E-state index contributed by atoms with van der Waals surface area (Å²) >= 11 is 1.48. The zero-order chi connectivity index (χ0) is 17.3. The van der Waals surface area contributed by atoms with Gasteiger partial charge in [-0.15, -0.1) is 23.7 Å². The molecule has 0 radical (unpaired) electrons. The van der Waals surface area contributed by atoms with Crippen molar-refractivity contribution in [1.82, 2.24) is 10.3 Å². The number of aromatic nitrogens is 1. The number of nitrogens with one attached hydrogen (secondary N) is 2. The van der Waals surface area contributed by atoms with Crippen LogP contribution in [0.15, 0.2) is 29.6 Å². The summed E-state index contributed by atoms with van der Waals surface area (Å²) in [5.41, 5.74) is 2.17. The van der Waals surface area contributed by atoms with E-state index in [0.29, 0.717) is 11.7 Å². The summed E-state index contributed by atoms with van der Waals surface area (Å²) in [6.07, 6.45) is 3.25. The van der Waals surface area contributed by atoms with Gasteiger partial charge in [0.15, 0.2) is 5.13 Å². The number of rotatable bonds is 5. The van der Waals surface area contributed by atoms with E-state index < -0.39 is 0 Å². The first kappa shape index (κ1) is 19.1. The number of amides is 1. The Morgan fingerprint density at radius 3 is 2.77 bits per heavy atom. The summed E-state index contributed by atoms with van der Waals surface area (Å²) in [6.45, 7) is 4.69. The van der Waals surface area contributed by atoms with Crippen LogP contribution in [0, 0.1) is 11.3 Å². The van der Waals surface area contributed by atoms with Gasteiger partial charge in [-0.05, 0) is 69.0 Å². The lowest BCUT2D eigenvalue weighted by atomic mass is 9.92. The summed E-state index contributed by atoms with van der Waals surface area (Å²) in [4.78, 5) is 17.1. The molecule has 4 rings (SSSR count). The first-order valence-corrected chi connectivity index (χ1v) is 9.78. The normalized spacial score (nSPS) is 20.3. The highest BCUT2D eigenvalue weighted by Gasteiger charge is 2.57. The second-order valence-corrected chi connectivity index (χ2v) is 7.71. The van der Waals surface area contributed by atoms with Crippen LogP contribution < -0.4 is 15.4 Å². The van der Waals surface area contributed by atoms with Gasteiger partial charge >= 0.3 is 0 Å². The molecule has 1 aromatic carbocycles. The summed E-state index contributed by atoms with van der Waals surface area (Å²) in [7, 11) is 0. The van der Waals surface area contributed by atoms with E-state index in [-0.39, 0.29) is 29.6 Å². The molecule has 1 saturated heterocycles. The Labute approximate surface area is 164 Å². The number of ether oxygens (including phenoxy) is 1. The zero-order valence-electron chi connectivity index (χ0n) is 14.8. The Balaban J connectivity index is 0.00000196. The molecule has 1 amide bonds. The lowest BCUT2D eigenvalue weighted by molar-refractivity contribution is -0.118. The second-order valence-electron chi connectivity index (χ2n) is 6.85. The maximum atomic E-state index is 12.5. The number of thiazole rings is 1. The third-order valence-electron chi connectivity index (χ3n) is 5.30. The minimum absolute atomic E-state index is 0. The number of halogens is 1. The maximum absolute atomic E-state index is 12.5. The maximum Gasteiger partial charge on any atom is 0.229 e. The first-order chi connectivity index (χ1) is 12.2.